The Morgan fingerprint density at radius 3 is 2.11 bits per heavy atom. The zero-order valence-electron chi connectivity index (χ0n) is 20.6. The van der Waals surface area contributed by atoms with E-state index in [1.165, 1.54) is 19.1 Å². The molecule has 2 aromatic carbocycles. The predicted molar refractivity (Wildman–Crippen MR) is 132 cm³/mol. The van der Waals surface area contributed by atoms with E-state index in [0.717, 1.165) is 19.6 Å². The zero-order chi connectivity index (χ0) is 25.5. The summed E-state index contributed by atoms with van der Waals surface area (Å²) in [5.41, 5.74) is 1.40. The van der Waals surface area contributed by atoms with Crippen LogP contribution in [0.5, 0.6) is 5.75 Å². The number of hydrogen-bond donors (Lipinski definition) is 1. The van der Waals surface area contributed by atoms with Crippen LogP contribution in [0.1, 0.15) is 47.8 Å². The lowest BCUT2D eigenvalue weighted by molar-refractivity contribution is -0.140. The van der Waals surface area contributed by atoms with Crippen LogP contribution in [0.4, 0.5) is 0 Å². The van der Waals surface area contributed by atoms with Crippen molar-refractivity contribution in [3.8, 4) is 5.75 Å². The van der Waals surface area contributed by atoms with Gasteiger partial charge in [-0.25, -0.2) is 4.79 Å². The first kappa shape index (κ1) is 26.0. The van der Waals surface area contributed by atoms with E-state index in [4.69, 9.17) is 9.47 Å². The maximum absolute atomic E-state index is 13.1. The van der Waals surface area contributed by atoms with Gasteiger partial charge in [0.1, 0.15) is 11.5 Å². The number of ether oxygens (including phenoxy) is 2. The molecule has 1 saturated heterocycles. The number of aliphatic hydroxyl groups excluding tert-OH is 1. The van der Waals surface area contributed by atoms with Crippen LogP contribution in [0.25, 0.3) is 5.76 Å². The fourth-order valence-corrected chi connectivity index (χ4v) is 4.29. The van der Waals surface area contributed by atoms with Crippen LogP contribution in [-0.4, -0.2) is 73.0 Å². The molecule has 3 rings (SSSR count). The second-order valence-corrected chi connectivity index (χ2v) is 8.22. The van der Waals surface area contributed by atoms with Crippen molar-refractivity contribution in [2.45, 2.75) is 26.3 Å². The van der Waals surface area contributed by atoms with Crippen molar-refractivity contribution in [3.63, 3.8) is 0 Å². The average molecular weight is 481 g/mol. The SMILES string of the molecule is CCN(CC)CCCN1C(=O)C(=O)C(=C(O)c2ccc(OC)cc2)C1c1ccc(C(=O)OC)cc1. The van der Waals surface area contributed by atoms with Gasteiger partial charge in [0.05, 0.1) is 31.4 Å². The molecule has 35 heavy (non-hydrogen) atoms. The minimum Gasteiger partial charge on any atom is -0.507 e. The lowest BCUT2D eigenvalue weighted by Gasteiger charge is -2.27. The smallest absolute Gasteiger partial charge is 0.337 e. The van der Waals surface area contributed by atoms with Crippen LogP contribution in [0.2, 0.25) is 0 Å². The van der Waals surface area contributed by atoms with Crippen molar-refractivity contribution in [1.82, 2.24) is 9.80 Å². The third-order valence-electron chi connectivity index (χ3n) is 6.32. The van der Waals surface area contributed by atoms with Crippen LogP contribution in [-0.2, 0) is 14.3 Å². The summed E-state index contributed by atoms with van der Waals surface area (Å²) in [6, 6.07) is 12.4. The Hall–Kier alpha value is -3.65. The third kappa shape index (κ3) is 5.54. The molecule has 1 fully saturated rings. The Balaban J connectivity index is 2.03. The average Bonchev–Trinajstić information content (AvgIpc) is 3.15. The number of aliphatic hydroxyl groups is 1. The molecule has 1 unspecified atom stereocenters. The third-order valence-corrected chi connectivity index (χ3v) is 6.32. The van der Waals surface area contributed by atoms with Crippen molar-refractivity contribution in [2.24, 2.45) is 0 Å². The molecule has 0 bridgehead atoms. The molecule has 8 heteroatoms. The Morgan fingerprint density at radius 2 is 1.57 bits per heavy atom. The van der Waals surface area contributed by atoms with Crippen molar-refractivity contribution in [3.05, 3.63) is 70.8 Å². The Kier molecular flexibility index (Phi) is 8.65. The molecular formula is C27H32N2O6. The first-order chi connectivity index (χ1) is 16.9. The molecule has 0 aromatic heterocycles. The summed E-state index contributed by atoms with van der Waals surface area (Å²) in [5, 5.41) is 11.1. The van der Waals surface area contributed by atoms with Gasteiger partial charge >= 0.3 is 5.97 Å². The minimum atomic E-state index is -0.777. The van der Waals surface area contributed by atoms with Gasteiger partial charge in [-0.2, -0.15) is 0 Å². The lowest BCUT2D eigenvalue weighted by atomic mass is 9.94. The molecule has 1 amide bonds. The summed E-state index contributed by atoms with van der Waals surface area (Å²) >= 11 is 0. The molecule has 1 N–H and O–H groups in total. The molecule has 1 heterocycles. The number of amides is 1. The van der Waals surface area contributed by atoms with Gasteiger partial charge < -0.3 is 24.4 Å². The largest absolute Gasteiger partial charge is 0.507 e. The number of carbonyl (C=O) groups excluding carboxylic acids is 3. The number of benzene rings is 2. The first-order valence-corrected chi connectivity index (χ1v) is 11.7. The molecule has 1 aliphatic rings. The van der Waals surface area contributed by atoms with Crippen molar-refractivity contribution >= 4 is 23.4 Å². The maximum atomic E-state index is 13.1. The number of Topliss-reactive ketones (excluding diaryl/α,β-unsaturated/α-hetero) is 1. The first-order valence-electron chi connectivity index (χ1n) is 11.7. The second kappa shape index (κ2) is 11.7. The van der Waals surface area contributed by atoms with Gasteiger partial charge in [0, 0.05) is 12.1 Å². The van der Waals surface area contributed by atoms with Crippen LogP contribution in [0.3, 0.4) is 0 Å². The van der Waals surface area contributed by atoms with Gasteiger partial charge in [0.15, 0.2) is 0 Å². The van der Waals surface area contributed by atoms with Gasteiger partial charge in [0.25, 0.3) is 11.7 Å². The highest BCUT2D eigenvalue weighted by molar-refractivity contribution is 6.46. The van der Waals surface area contributed by atoms with Gasteiger partial charge in [0.2, 0.25) is 0 Å². The van der Waals surface area contributed by atoms with E-state index < -0.39 is 23.7 Å². The van der Waals surface area contributed by atoms with Crippen molar-refractivity contribution in [1.29, 1.82) is 0 Å². The molecule has 8 nitrogen and oxygen atoms in total. The fraction of sp³-hybridized carbons (Fsp3) is 0.370. The molecule has 0 aliphatic carbocycles. The number of ketones is 1. The minimum absolute atomic E-state index is 0.0221. The summed E-state index contributed by atoms with van der Waals surface area (Å²) in [4.78, 5) is 41.9. The maximum Gasteiger partial charge on any atom is 0.337 e. The van der Waals surface area contributed by atoms with Crippen LogP contribution < -0.4 is 4.74 Å². The molecule has 1 aliphatic heterocycles. The van der Waals surface area contributed by atoms with E-state index in [-0.39, 0.29) is 11.3 Å². The van der Waals surface area contributed by atoms with Crippen LogP contribution in [0.15, 0.2) is 54.1 Å². The topological polar surface area (TPSA) is 96.4 Å². The summed E-state index contributed by atoms with van der Waals surface area (Å²) in [6.45, 7) is 7.07. The second-order valence-electron chi connectivity index (χ2n) is 8.22. The predicted octanol–water partition coefficient (Wildman–Crippen LogP) is 3.64. The van der Waals surface area contributed by atoms with Gasteiger partial charge in [-0.05, 0) is 68.0 Å². The number of esters is 1. The Morgan fingerprint density at radius 1 is 0.971 bits per heavy atom. The summed E-state index contributed by atoms with van der Waals surface area (Å²) in [5.74, 6) is -1.51. The molecule has 0 saturated carbocycles. The number of likely N-dealkylation sites (tertiary alicyclic amines) is 1. The quantitative estimate of drug-likeness (QED) is 0.240. The normalized spacial score (nSPS) is 17.2. The molecule has 1 atom stereocenters. The highest BCUT2D eigenvalue weighted by Crippen LogP contribution is 2.39. The van der Waals surface area contributed by atoms with Crippen molar-refractivity contribution in [2.75, 3.05) is 40.4 Å². The number of hydrogen-bond acceptors (Lipinski definition) is 7. The van der Waals surface area contributed by atoms with Crippen LogP contribution in [0, 0.1) is 0 Å². The Labute approximate surface area is 205 Å². The summed E-state index contributed by atoms with van der Waals surface area (Å²) in [7, 11) is 2.84. The van der Waals surface area contributed by atoms with Gasteiger partial charge in [-0.3, -0.25) is 9.59 Å². The zero-order valence-corrected chi connectivity index (χ0v) is 20.6. The summed E-state index contributed by atoms with van der Waals surface area (Å²) < 4.78 is 9.94. The van der Waals surface area contributed by atoms with Gasteiger partial charge in [-0.1, -0.05) is 26.0 Å². The molecule has 0 spiro atoms. The van der Waals surface area contributed by atoms with Gasteiger partial charge in [-0.15, -0.1) is 0 Å². The number of carbonyl (C=O) groups is 3. The molecule has 186 valence electrons. The summed E-state index contributed by atoms with van der Waals surface area (Å²) in [6.07, 6.45) is 0.675. The van der Waals surface area contributed by atoms with E-state index in [1.807, 2.05) is 0 Å². The van der Waals surface area contributed by atoms with E-state index in [0.29, 0.717) is 35.4 Å². The highest BCUT2D eigenvalue weighted by atomic mass is 16.5. The number of rotatable bonds is 10. The molecule has 2 aromatic rings. The van der Waals surface area contributed by atoms with E-state index in [2.05, 4.69) is 18.7 Å². The monoisotopic (exact) mass is 480 g/mol. The Bertz CT molecular complexity index is 1090. The van der Waals surface area contributed by atoms with Crippen LogP contribution >= 0.6 is 0 Å². The van der Waals surface area contributed by atoms with E-state index >= 15 is 0 Å². The highest BCUT2D eigenvalue weighted by Gasteiger charge is 2.45. The number of methoxy groups -OCH3 is 2. The standard InChI is InChI=1S/C27H32N2O6/c1-5-28(6-2)16-7-17-29-23(18-8-10-20(11-9-18)27(33)35-4)22(25(31)26(29)32)24(30)19-12-14-21(34-3)15-13-19/h8-15,23,30H,5-7,16-17H2,1-4H3. The lowest BCUT2D eigenvalue weighted by Crippen LogP contribution is -2.33. The van der Waals surface area contributed by atoms with E-state index in [1.54, 1.807) is 48.5 Å². The number of nitrogens with zero attached hydrogens (tertiary/aromatic N) is 2. The fourth-order valence-electron chi connectivity index (χ4n) is 4.29. The van der Waals surface area contributed by atoms with Crippen molar-refractivity contribution < 1.29 is 29.0 Å². The van der Waals surface area contributed by atoms with E-state index in [9.17, 15) is 19.5 Å². The molecular weight excluding hydrogens is 448 g/mol. The molecule has 0 radical (unpaired) electrons.